The van der Waals surface area contributed by atoms with Crippen molar-refractivity contribution >= 4 is 44.1 Å². The van der Waals surface area contributed by atoms with E-state index in [2.05, 4.69) is 107 Å². The van der Waals surface area contributed by atoms with E-state index in [9.17, 15) is 0 Å². The molecule has 176 valence electrons. The van der Waals surface area contributed by atoms with E-state index in [0.717, 1.165) is 12.8 Å². The molecular formula is C33H34NS+. The Kier molecular flexibility index (Phi) is 5.41. The Hall–Kier alpha value is -2.84. The van der Waals surface area contributed by atoms with Crippen molar-refractivity contribution in [1.29, 1.82) is 0 Å². The smallest absolute Gasteiger partial charge is 0.200 e. The topological polar surface area (TPSA) is 3.88 Å². The first kappa shape index (κ1) is 22.6. The Bertz CT molecular complexity index is 1640. The zero-order chi connectivity index (χ0) is 24.4. The lowest BCUT2D eigenvalue weighted by atomic mass is 9.88. The highest BCUT2D eigenvalue weighted by atomic mass is 32.2. The molecule has 2 heteroatoms. The zero-order valence-electron chi connectivity index (χ0n) is 21.7. The van der Waals surface area contributed by atoms with E-state index in [1.54, 1.807) is 0 Å². The second kappa shape index (κ2) is 8.38. The van der Waals surface area contributed by atoms with Gasteiger partial charge in [-0.05, 0) is 81.3 Å². The van der Waals surface area contributed by atoms with Crippen molar-refractivity contribution in [3.05, 3.63) is 77.5 Å². The summed E-state index contributed by atoms with van der Waals surface area (Å²) in [5.41, 5.74) is 7.15. The van der Waals surface area contributed by atoms with Gasteiger partial charge in [-0.3, -0.25) is 0 Å². The number of hydrogen-bond acceptors (Lipinski definition) is 1. The van der Waals surface area contributed by atoms with E-state index in [0.29, 0.717) is 11.8 Å². The van der Waals surface area contributed by atoms with Gasteiger partial charge in [-0.15, -0.1) is 0 Å². The molecule has 1 aromatic heterocycles. The Morgan fingerprint density at radius 2 is 1.51 bits per heavy atom. The van der Waals surface area contributed by atoms with Gasteiger partial charge in [0.25, 0.3) is 0 Å². The molecule has 0 aliphatic carbocycles. The van der Waals surface area contributed by atoms with E-state index >= 15 is 0 Å². The lowest BCUT2D eigenvalue weighted by Crippen LogP contribution is -2.32. The number of benzene rings is 4. The van der Waals surface area contributed by atoms with Crippen LogP contribution in [0.2, 0.25) is 0 Å². The molecule has 5 aromatic rings. The highest BCUT2D eigenvalue weighted by molar-refractivity contribution is 8.00. The second-order valence-corrected chi connectivity index (χ2v) is 12.2. The molecule has 0 bridgehead atoms. The molecule has 1 nitrogen and oxygen atoms in total. The molecule has 0 N–H and O–H groups in total. The fourth-order valence-corrected chi connectivity index (χ4v) is 7.52. The van der Waals surface area contributed by atoms with E-state index in [4.69, 9.17) is 0 Å². The van der Waals surface area contributed by atoms with Crippen molar-refractivity contribution in [2.24, 2.45) is 18.9 Å². The van der Waals surface area contributed by atoms with Gasteiger partial charge in [0.15, 0.2) is 6.20 Å². The largest absolute Gasteiger partial charge is 0.222 e. The molecule has 0 saturated heterocycles. The number of rotatable bonds is 4. The minimum absolute atomic E-state index is 0.600. The summed E-state index contributed by atoms with van der Waals surface area (Å²) in [4.78, 5) is 2.89. The standard InChI is InChI=1S/C33H34NS/c1-19(2)15-22-11-12-26-24(17-22)18-23-13-14-34(6)31-29-21(5)25-9-7-8-10-27(25)28(16-20(3)4)33(29)35-32(26)30(23)31/h7-14,17-20H,15-16H2,1-6H3/q+1. The summed E-state index contributed by atoms with van der Waals surface area (Å²) in [5.74, 6) is 1.26. The number of aryl methyl sites for hydroxylation is 2. The predicted octanol–water partition coefficient (Wildman–Crippen LogP) is 8.81. The summed E-state index contributed by atoms with van der Waals surface area (Å²) in [6.07, 6.45) is 4.47. The lowest BCUT2D eigenvalue weighted by molar-refractivity contribution is -0.659. The fourth-order valence-electron chi connectivity index (χ4n) is 6.03. The van der Waals surface area contributed by atoms with E-state index in [1.165, 1.54) is 70.1 Å². The van der Waals surface area contributed by atoms with Crippen LogP contribution >= 0.6 is 11.8 Å². The highest BCUT2D eigenvalue weighted by Gasteiger charge is 2.32. The molecule has 1 aliphatic heterocycles. The van der Waals surface area contributed by atoms with Gasteiger partial charge in [0.2, 0.25) is 5.69 Å². The van der Waals surface area contributed by atoms with Crippen LogP contribution in [0, 0.1) is 18.8 Å². The molecule has 2 heterocycles. The van der Waals surface area contributed by atoms with Crippen LogP contribution in [-0.2, 0) is 19.9 Å². The molecule has 0 fully saturated rings. The third-order valence-corrected chi connectivity index (χ3v) is 8.77. The molecule has 1 aliphatic rings. The first-order valence-electron chi connectivity index (χ1n) is 12.9. The van der Waals surface area contributed by atoms with Gasteiger partial charge in [0.1, 0.15) is 7.05 Å². The molecule has 0 radical (unpaired) electrons. The maximum Gasteiger partial charge on any atom is 0.222 e. The van der Waals surface area contributed by atoms with Gasteiger partial charge in [-0.25, -0.2) is 4.57 Å². The third-order valence-electron chi connectivity index (χ3n) is 7.48. The summed E-state index contributed by atoms with van der Waals surface area (Å²) in [6, 6.07) is 20.9. The average Bonchev–Trinajstić information content (AvgIpc) is 2.82. The maximum atomic E-state index is 2.43. The minimum atomic E-state index is 0.600. The predicted molar refractivity (Wildman–Crippen MR) is 152 cm³/mol. The van der Waals surface area contributed by atoms with Crippen LogP contribution in [0.25, 0.3) is 43.6 Å². The van der Waals surface area contributed by atoms with E-state index < -0.39 is 0 Å². The molecular weight excluding hydrogens is 442 g/mol. The Morgan fingerprint density at radius 1 is 0.771 bits per heavy atom. The molecule has 0 unspecified atom stereocenters. The number of fused-ring (bicyclic) bond motifs is 5. The normalized spacial score (nSPS) is 12.9. The Morgan fingerprint density at radius 3 is 2.26 bits per heavy atom. The summed E-state index contributed by atoms with van der Waals surface area (Å²) in [6.45, 7) is 11.6. The quantitative estimate of drug-likeness (QED) is 0.182. The van der Waals surface area contributed by atoms with Crippen LogP contribution in [0.15, 0.2) is 70.6 Å². The van der Waals surface area contributed by atoms with Crippen molar-refractivity contribution in [3.63, 3.8) is 0 Å². The maximum absolute atomic E-state index is 2.43. The third kappa shape index (κ3) is 3.57. The van der Waals surface area contributed by atoms with E-state index in [1.807, 2.05) is 11.8 Å². The Balaban J connectivity index is 1.74. The summed E-state index contributed by atoms with van der Waals surface area (Å²) < 4.78 is 2.35. The van der Waals surface area contributed by atoms with Crippen molar-refractivity contribution in [2.75, 3.05) is 0 Å². The molecule has 0 amide bonds. The van der Waals surface area contributed by atoms with Crippen LogP contribution in [-0.4, -0.2) is 0 Å². The van der Waals surface area contributed by atoms with Gasteiger partial charge in [-0.1, -0.05) is 81.9 Å². The number of nitrogens with zero attached hydrogens (tertiary/aromatic N) is 1. The molecule has 6 rings (SSSR count). The molecule has 0 saturated carbocycles. The first-order chi connectivity index (χ1) is 16.8. The summed E-state index contributed by atoms with van der Waals surface area (Å²) in [5, 5.41) is 8.31. The van der Waals surface area contributed by atoms with Gasteiger partial charge in [-0.2, -0.15) is 0 Å². The van der Waals surface area contributed by atoms with Crippen LogP contribution in [0.3, 0.4) is 0 Å². The molecule has 0 spiro atoms. The van der Waals surface area contributed by atoms with Crippen LogP contribution in [0.5, 0.6) is 0 Å². The summed E-state index contributed by atoms with van der Waals surface area (Å²) in [7, 11) is 2.21. The SMILES string of the molecule is Cc1c2c(c(CC(C)C)c3ccccc13)Sc1c3ccc(CC(C)C)cc3cc3cc[n+](C)c-2c13. The molecule has 0 atom stereocenters. The summed E-state index contributed by atoms with van der Waals surface area (Å²) >= 11 is 2.02. The van der Waals surface area contributed by atoms with E-state index in [-0.39, 0.29) is 0 Å². The lowest BCUT2D eigenvalue weighted by Gasteiger charge is -2.26. The van der Waals surface area contributed by atoms with Gasteiger partial charge in [0, 0.05) is 15.9 Å². The molecule has 4 aromatic carbocycles. The van der Waals surface area contributed by atoms with Crippen molar-refractivity contribution in [1.82, 2.24) is 0 Å². The average molecular weight is 477 g/mol. The van der Waals surface area contributed by atoms with Crippen LogP contribution in [0.1, 0.15) is 44.4 Å². The van der Waals surface area contributed by atoms with Crippen LogP contribution < -0.4 is 4.57 Å². The van der Waals surface area contributed by atoms with Crippen molar-refractivity contribution in [2.45, 2.75) is 57.3 Å². The number of pyridine rings is 1. The first-order valence-corrected chi connectivity index (χ1v) is 13.8. The van der Waals surface area contributed by atoms with Crippen molar-refractivity contribution < 1.29 is 4.57 Å². The fraction of sp³-hybridized carbons (Fsp3) is 0.303. The minimum Gasteiger partial charge on any atom is -0.200 e. The van der Waals surface area contributed by atoms with Gasteiger partial charge in [0.05, 0.1) is 10.9 Å². The Labute approximate surface area is 213 Å². The molecule has 35 heavy (non-hydrogen) atoms. The number of aromatic nitrogens is 1. The van der Waals surface area contributed by atoms with Crippen LogP contribution in [0.4, 0.5) is 0 Å². The monoisotopic (exact) mass is 476 g/mol. The van der Waals surface area contributed by atoms with Gasteiger partial charge < -0.3 is 0 Å². The van der Waals surface area contributed by atoms with Gasteiger partial charge >= 0.3 is 0 Å². The zero-order valence-corrected chi connectivity index (χ0v) is 22.5. The van der Waals surface area contributed by atoms with Crippen molar-refractivity contribution in [3.8, 4) is 11.3 Å². The second-order valence-electron chi connectivity index (χ2n) is 11.2. The highest BCUT2D eigenvalue weighted by Crippen LogP contribution is 2.53. The number of hydrogen-bond donors (Lipinski definition) is 0.